The van der Waals surface area contributed by atoms with Gasteiger partial charge in [-0.1, -0.05) is 12.1 Å². The molecular weight excluding hydrogens is 266 g/mol. The van der Waals surface area contributed by atoms with Gasteiger partial charge < -0.3 is 15.5 Å². The summed E-state index contributed by atoms with van der Waals surface area (Å²) in [4.78, 5) is 22.0. The molecule has 0 atom stereocenters. The number of hydrogen-bond acceptors (Lipinski definition) is 4. The zero-order valence-electron chi connectivity index (χ0n) is 12.2. The van der Waals surface area contributed by atoms with E-state index < -0.39 is 0 Å². The van der Waals surface area contributed by atoms with Crippen LogP contribution in [-0.4, -0.2) is 30.1 Å². The highest BCUT2D eigenvalue weighted by molar-refractivity contribution is 5.73. The minimum Gasteiger partial charge on any atom is -0.363 e. The van der Waals surface area contributed by atoms with Crippen molar-refractivity contribution in [1.82, 2.24) is 20.6 Å². The Morgan fingerprint density at radius 2 is 1.90 bits per heavy atom. The average Bonchev–Trinajstić information content (AvgIpc) is 2.52. The summed E-state index contributed by atoms with van der Waals surface area (Å²) in [6, 6.07) is 9.24. The van der Waals surface area contributed by atoms with E-state index >= 15 is 0 Å². The Bertz CT molecular complexity index is 568. The Balaban J connectivity index is 1.76. The number of rotatable bonds is 5. The largest absolute Gasteiger partial charge is 0.363 e. The molecule has 0 bridgehead atoms. The van der Waals surface area contributed by atoms with Crippen LogP contribution in [0.15, 0.2) is 42.7 Å². The van der Waals surface area contributed by atoms with E-state index in [4.69, 9.17) is 0 Å². The van der Waals surface area contributed by atoms with Crippen molar-refractivity contribution in [2.45, 2.75) is 13.1 Å². The lowest BCUT2D eigenvalue weighted by atomic mass is 10.3. The molecule has 6 nitrogen and oxygen atoms in total. The SMILES string of the molecule is CN(C)c1ccc(CNC(=O)NCc2ccccn2)cn1. The number of aromatic nitrogens is 2. The molecule has 21 heavy (non-hydrogen) atoms. The number of nitrogens with zero attached hydrogens (tertiary/aromatic N) is 3. The third-order valence-electron chi connectivity index (χ3n) is 2.88. The van der Waals surface area contributed by atoms with Gasteiger partial charge in [-0.3, -0.25) is 4.98 Å². The van der Waals surface area contributed by atoms with Gasteiger partial charge in [-0.25, -0.2) is 9.78 Å². The molecule has 0 aromatic carbocycles. The van der Waals surface area contributed by atoms with E-state index in [1.807, 2.05) is 49.3 Å². The van der Waals surface area contributed by atoms with Crippen LogP contribution in [0.4, 0.5) is 10.6 Å². The maximum Gasteiger partial charge on any atom is 0.315 e. The second-order valence-corrected chi connectivity index (χ2v) is 4.78. The highest BCUT2D eigenvalue weighted by Crippen LogP contribution is 2.07. The highest BCUT2D eigenvalue weighted by Gasteiger charge is 2.02. The van der Waals surface area contributed by atoms with Crippen LogP contribution < -0.4 is 15.5 Å². The van der Waals surface area contributed by atoms with Crippen LogP contribution in [0.1, 0.15) is 11.3 Å². The van der Waals surface area contributed by atoms with Crippen LogP contribution in [0, 0.1) is 0 Å². The number of pyridine rings is 2. The zero-order chi connectivity index (χ0) is 15.1. The molecular formula is C15H19N5O. The molecule has 0 unspecified atom stereocenters. The predicted molar refractivity (Wildman–Crippen MR) is 81.9 cm³/mol. The van der Waals surface area contributed by atoms with E-state index in [0.717, 1.165) is 17.1 Å². The first-order valence-electron chi connectivity index (χ1n) is 6.69. The molecule has 110 valence electrons. The summed E-state index contributed by atoms with van der Waals surface area (Å²) in [6.45, 7) is 0.846. The van der Waals surface area contributed by atoms with Crippen molar-refractivity contribution in [2.75, 3.05) is 19.0 Å². The van der Waals surface area contributed by atoms with Crippen molar-refractivity contribution in [2.24, 2.45) is 0 Å². The minimum atomic E-state index is -0.225. The monoisotopic (exact) mass is 285 g/mol. The number of carbonyl (C=O) groups is 1. The summed E-state index contributed by atoms with van der Waals surface area (Å²) >= 11 is 0. The maximum atomic E-state index is 11.7. The Kier molecular flexibility index (Phi) is 5.09. The number of hydrogen-bond donors (Lipinski definition) is 2. The topological polar surface area (TPSA) is 70.2 Å². The lowest BCUT2D eigenvalue weighted by molar-refractivity contribution is 0.240. The molecule has 0 aliphatic carbocycles. The van der Waals surface area contributed by atoms with Gasteiger partial charge in [-0.2, -0.15) is 0 Å². The highest BCUT2D eigenvalue weighted by atomic mass is 16.2. The first kappa shape index (κ1) is 14.8. The second kappa shape index (κ2) is 7.23. The lowest BCUT2D eigenvalue weighted by Gasteiger charge is -2.11. The third-order valence-corrected chi connectivity index (χ3v) is 2.88. The standard InChI is InChI=1S/C15H19N5O/c1-20(2)14-7-6-12(9-17-14)10-18-15(21)19-11-13-5-3-4-8-16-13/h3-9H,10-11H2,1-2H3,(H2,18,19,21). The summed E-state index contributed by atoms with van der Waals surface area (Å²) in [6.07, 6.45) is 3.46. The van der Waals surface area contributed by atoms with Gasteiger partial charge in [0.15, 0.2) is 0 Å². The molecule has 2 heterocycles. The van der Waals surface area contributed by atoms with Gasteiger partial charge in [0.2, 0.25) is 0 Å². The molecule has 0 saturated carbocycles. The van der Waals surface area contributed by atoms with Crippen LogP contribution in [-0.2, 0) is 13.1 Å². The van der Waals surface area contributed by atoms with Gasteiger partial charge in [0, 0.05) is 33.0 Å². The third kappa shape index (κ3) is 4.76. The summed E-state index contributed by atoms with van der Waals surface area (Å²) in [5.74, 6) is 0.887. The fraction of sp³-hybridized carbons (Fsp3) is 0.267. The molecule has 6 heteroatoms. The van der Waals surface area contributed by atoms with Crippen LogP contribution in [0.3, 0.4) is 0 Å². The van der Waals surface area contributed by atoms with E-state index in [2.05, 4.69) is 20.6 Å². The van der Waals surface area contributed by atoms with Crippen molar-refractivity contribution in [3.05, 3.63) is 54.0 Å². The van der Waals surface area contributed by atoms with Gasteiger partial charge in [-0.05, 0) is 23.8 Å². The molecule has 2 aromatic heterocycles. The van der Waals surface area contributed by atoms with Crippen LogP contribution in [0.5, 0.6) is 0 Å². The van der Waals surface area contributed by atoms with Gasteiger partial charge in [0.05, 0.1) is 12.2 Å². The second-order valence-electron chi connectivity index (χ2n) is 4.78. The predicted octanol–water partition coefficient (Wildman–Crippen LogP) is 1.54. The molecule has 0 spiro atoms. The number of anilines is 1. The lowest BCUT2D eigenvalue weighted by Crippen LogP contribution is -2.34. The Morgan fingerprint density at radius 3 is 2.52 bits per heavy atom. The van der Waals surface area contributed by atoms with E-state index in [0.29, 0.717) is 13.1 Å². The molecule has 2 aromatic rings. The van der Waals surface area contributed by atoms with Crippen molar-refractivity contribution < 1.29 is 4.79 Å². The van der Waals surface area contributed by atoms with Crippen LogP contribution in [0.25, 0.3) is 0 Å². The van der Waals surface area contributed by atoms with Crippen LogP contribution in [0.2, 0.25) is 0 Å². The van der Waals surface area contributed by atoms with Crippen molar-refractivity contribution in [3.8, 4) is 0 Å². The van der Waals surface area contributed by atoms with Gasteiger partial charge in [0.1, 0.15) is 5.82 Å². The normalized spacial score (nSPS) is 10.0. The summed E-state index contributed by atoms with van der Waals surface area (Å²) in [7, 11) is 3.87. The Labute approximate surface area is 124 Å². The first-order valence-corrected chi connectivity index (χ1v) is 6.69. The Hall–Kier alpha value is -2.63. The number of carbonyl (C=O) groups excluding carboxylic acids is 1. The smallest absolute Gasteiger partial charge is 0.315 e. The van der Waals surface area contributed by atoms with Gasteiger partial charge >= 0.3 is 6.03 Å². The minimum absolute atomic E-state index is 0.225. The molecule has 0 radical (unpaired) electrons. The Morgan fingerprint density at radius 1 is 1.10 bits per heavy atom. The summed E-state index contributed by atoms with van der Waals surface area (Å²) in [5.41, 5.74) is 1.78. The number of urea groups is 1. The van der Waals surface area contributed by atoms with E-state index in [1.165, 1.54) is 0 Å². The molecule has 0 saturated heterocycles. The average molecular weight is 285 g/mol. The molecule has 2 amide bonds. The molecule has 0 aliphatic rings. The fourth-order valence-electron chi connectivity index (χ4n) is 1.70. The summed E-state index contributed by atoms with van der Waals surface area (Å²) < 4.78 is 0. The van der Waals surface area contributed by atoms with Crippen LogP contribution >= 0.6 is 0 Å². The summed E-state index contributed by atoms with van der Waals surface area (Å²) in [5, 5.41) is 5.54. The molecule has 2 rings (SSSR count). The maximum absolute atomic E-state index is 11.7. The van der Waals surface area contributed by atoms with Crippen molar-refractivity contribution in [3.63, 3.8) is 0 Å². The number of nitrogens with one attached hydrogen (secondary N) is 2. The quantitative estimate of drug-likeness (QED) is 0.874. The van der Waals surface area contributed by atoms with E-state index in [9.17, 15) is 4.79 Å². The molecule has 0 fully saturated rings. The zero-order valence-corrected chi connectivity index (χ0v) is 12.2. The van der Waals surface area contributed by atoms with Gasteiger partial charge in [-0.15, -0.1) is 0 Å². The molecule has 2 N–H and O–H groups in total. The van der Waals surface area contributed by atoms with Gasteiger partial charge in [0.25, 0.3) is 0 Å². The van der Waals surface area contributed by atoms with Crippen molar-refractivity contribution in [1.29, 1.82) is 0 Å². The number of amides is 2. The van der Waals surface area contributed by atoms with E-state index in [1.54, 1.807) is 12.4 Å². The first-order chi connectivity index (χ1) is 10.1. The fourth-order valence-corrected chi connectivity index (χ4v) is 1.70. The van der Waals surface area contributed by atoms with E-state index in [-0.39, 0.29) is 6.03 Å². The molecule has 0 aliphatic heterocycles. The van der Waals surface area contributed by atoms with Crippen molar-refractivity contribution >= 4 is 11.8 Å².